The lowest BCUT2D eigenvalue weighted by Crippen LogP contribution is -2.52. The van der Waals surface area contributed by atoms with Crippen molar-refractivity contribution >= 4 is 62.3 Å². The molecule has 3 aromatic carbocycles. The van der Waals surface area contributed by atoms with Crippen molar-refractivity contribution in [1.29, 1.82) is 0 Å². The summed E-state index contributed by atoms with van der Waals surface area (Å²) < 4.78 is 34.7. The Hall–Kier alpha value is -2.98. The maximum Gasteiger partial charge on any atom is 0.264 e. The number of hydrogen-bond donors (Lipinski definition) is 1. The zero-order valence-electron chi connectivity index (χ0n) is 23.1. The zero-order valence-corrected chi connectivity index (χ0v) is 26.2. The highest BCUT2D eigenvalue weighted by Gasteiger charge is 2.34. The summed E-state index contributed by atoms with van der Waals surface area (Å²) in [7, 11) is -4.30. The van der Waals surface area contributed by atoms with Crippen LogP contribution >= 0.6 is 34.8 Å². The Kier molecular flexibility index (Phi) is 11.3. The molecule has 0 aliphatic carbocycles. The van der Waals surface area contributed by atoms with Gasteiger partial charge in [-0.1, -0.05) is 53.0 Å². The molecule has 0 aromatic heterocycles. The highest BCUT2D eigenvalue weighted by Crippen LogP contribution is 2.33. The second kappa shape index (κ2) is 14.3. The summed E-state index contributed by atoms with van der Waals surface area (Å²) in [5.41, 5.74) is 0.586. The summed E-state index contributed by atoms with van der Waals surface area (Å²) in [6.45, 7) is 6.42. The molecule has 41 heavy (non-hydrogen) atoms. The number of nitrogens with one attached hydrogen (secondary N) is 1. The van der Waals surface area contributed by atoms with Crippen molar-refractivity contribution in [3.8, 4) is 5.75 Å². The quantitative estimate of drug-likeness (QED) is 0.255. The van der Waals surface area contributed by atoms with Crippen LogP contribution < -0.4 is 14.4 Å². The summed E-state index contributed by atoms with van der Waals surface area (Å²) in [6.07, 6.45) is 0. The molecule has 1 atom stereocenters. The SMILES string of the molecule is CCOc1ccccc1N(CC(=O)N(Cc1c(Cl)cccc1Cl)[C@H](C)C(=O)NC(C)C)S(=O)(=O)c1ccc(Cl)cc1. The van der Waals surface area contributed by atoms with Gasteiger partial charge in [0.1, 0.15) is 18.3 Å². The molecule has 8 nitrogen and oxygen atoms in total. The normalized spacial score (nSPS) is 12.1. The average molecular weight is 641 g/mol. The predicted molar refractivity (Wildman–Crippen MR) is 163 cm³/mol. The molecule has 0 bridgehead atoms. The van der Waals surface area contributed by atoms with Gasteiger partial charge in [0, 0.05) is 33.2 Å². The van der Waals surface area contributed by atoms with Gasteiger partial charge in [-0.3, -0.25) is 13.9 Å². The Morgan fingerprint density at radius 3 is 2.10 bits per heavy atom. The molecule has 0 spiro atoms. The lowest BCUT2D eigenvalue weighted by molar-refractivity contribution is -0.139. The molecule has 3 rings (SSSR count). The van der Waals surface area contributed by atoms with Crippen molar-refractivity contribution in [2.24, 2.45) is 0 Å². The van der Waals surface area contributed by atoms with E-state index in [0.29, 0.717) is 20.6 Å². The van der Waals surface area contributed by atoms with Gasteiger partial charge in [-0.05, 0) is 76.2 Å². The van der Waals surface area contributed by atoms with Gasteiger partial charge in [-0.15, -0.1) is 0 Å². The highest BCUT2D eigenvalue weighted by atomic mass is 35.5. The Balaban J connectivity index is 2.12. The molecule has 1 N–H and O–H groups in total. The minimum Gasteiger partial charge on any atom is -0.492 e. The van der Waals surface area contributed by atoms with Crippen molar-refractivity contribution in [3.63, 3.8) is 0 Å². The van der Waals surface area contributed by atoms with Gasteiger partial charge in [-0.2, -0.15) is 0 Å². The van der Waals surface area contributed by atoms with Crippen LogP contribution in [0.1, 0.15) is 33.3 Å². The first-order chi connectivity index (χ1) is 19.4. The minimum atomic E-state index is -4.30. The second-order valence-electron chi connectivity index (χ2n) is 9.43. The van der Waals surface area contributed by atoms with E-state index in [4.69, 9.17) is 39.5 Å². The number of nitrogens with zero attached hydrogens (tertiary/aromatic N) is 2. The molecular formula is C29H32Cl3N3O5S. The summed E-state index contributed by atoms with van der Waals surface area (Å²) >= 11 is 18.8. The molecule has 0 saturated carbocycles. The van der Waals surface area contributed by atoms with E-state index >= 15 is 0 Å². The molecule has 220 valence electrons. The third-order valence-corrected chi connectivity index (χ3v) is 8.84. The van der Waals surface area contributed by atoms with E-state index < -0.39 is 34.4 Å². The fourth-order valence-corrected chi connectivity index (χ4v) is 6.10. The van der Waals surface area contributed by atoms with Gasteiger partial charge in [0.05, 0.1) is 17.2 Å². The van der Waals surface area contributed by atoms with Crippen LogP contribution in [-0.2, 0) is 26.2 Å². The van der Waals surface area contributed by atoms with Gasteiger partial charge in [-0.25, -0.2) is 8.42 Å². The van der Waals surface area contributed by atoms with E-state index in [1.807, 2.05) is 0 Å². The molecule has 3 aromatic rings. The first kappa shape index (κ1) is 32.5. The number of carbonyl (C=O) groups excluding carboxylic acids is 2. The molecule has 0 aliphatic rings. The topological polar surface area (TPSA) is 96.0 Å². The Morgan fingerprint density at radius 2 is 1.51 bits per heavy atom. The molecule has 0 unspecified atom stereocenters. The van der Waals surface area contributed by atoms with Crippen molar-refractivity contribution < 1.29 is 22.7 Å². The van der Waals surface area contributed by atoms with E-state index in [1.54, 1.807) is 70.2 Å². The fraction of sp³-hybridized carbons (Fsp3) is 0.310. The number of ether oxygens (including phenoxy) is 1. The molecule has 0 fully saturated rings. The van der Waals surface area contributed by atoms with E-state index in [-0.39, 0.29) is 35.5 Å². The van der Waals surface area contributed by atoms with Crippen LogP contribution in [0.25, 0.3) is 0 Å². The maximum absolute atomic E-state index is 14.1. The number of benzene rings is 3. The second-order valence-corrected chi connectivity index (χ2v) is 12.5. The van der Waals surface area contributed by atoms with Crippen molar-refractivity contribution in [2.75, 3.05) is 17.5 Å². The molecule has 0 radical (unpaired) electrons. The van der Waals surface area contributed by atoms with Crippen molar-refractivity contribution in [3.05, 3.63) is 87.4 Å². The molecule has 0 aliphatic heterocycles. The molecular weight excluding hydrogens is 609 g/mol. The third kappa shape index (κ3) is 8.07. The predicted octanol–water partition coefficient (Wildman–Crippen LogP) is 6.18. The number of para-hydroxylation sites is 2. The van der Waals surface area contributed by atoms with Gasteiger partial charge >= 0.3 is 0 Å². The van der Waals surface area contributed by atoms with Gasteiger partial charge in [0.15, 0.2) is 0 Å². The zero-order chi connectivity index (χ0) is 30.3. The average Bonchev–Trinajstić information content (AvgIpc) is 2.91. The third-order valence-electron chi connectivity index (χ3n) is 6.10. The molecule has 2 amide bonds. The fourth-order valence-electron chi connectivity index (χ4n) is 4.03. The van der Waals surface area contributed by atoms with Gasteiger partial charge in [0.25, 0.3) is 10.0 Å². The monoisotopic (exact) mass is 639 g/mol. The van der Waals surface area contributed by atoms with Crippen LogP contribution in [0.2, 0.25) is 15.1 Å². The summed E-state index contributed by atoms with van der Waals surface area (Å²) in [6, 6.07) is 15.9. The van der Waals surface area contributed by atoms with Crippen molar-refractivity contribution in [1.82, 2.24) is 10.2 Å². The maximum atomic E-state index is 14.1. The summed E-state index contributed by atoms with van der Waals surface area (Å²) in [4.78, 5) is 28.3. The first-order valence-electron chi connectivity index (χ1n) is 12.9. The molecule has 12 heteroatoms. The van der Waals surface area contributed by atoms with Crippen LogP contribution in [-0.4, -0.2) is 50.4 Å². The van der Waals surface area contributed by atoms with Crippen LogP contribution in [0.4, 0.5) is 5.69 Å². The number of carbonyl (C=O) groups is 2. The number of amides is 2. The highest BCUT2D eigenvalue weighted by molar-refractivity contribution is 7.92. The largest absolute Gasteiger partial charge is 0.492 e. The number of anilines is 1. The lowest BCUT2D eigenvalue weighted by atomic mass is 10.1. The van der Waals surface area contributed by atoms with E-state index in [9.17, 15) is 18.0 Å². The number of rotatable bonds is 12. The van der Waals surface area contributed by atoms with E-state index in [0.717, 1.165) is 4.31 Å². The van der Waals surface area contributed by atoms with E-state index in [2.05, 4.69) is 5.32 Å². The standard InChI is InChI=1S/C29H32Cl3N3O5S/c1-5-40-27-12-7-6-11-26(27)35(41(38,39)22-15-13-21(30)14-16-22)18-28(36)34(20(4)29(37)33-19(2)3)17-23-24(31)9-8-10-25(23)32/h6-16,19-20H,5,17-18H2,1-4H3,(H,33,37)/t20-/m1/s1. The summed E-state index contributed by atoms with van der Waals surface area (Å²) in [5.74, 6) is -0.804. The van der Waals surface area contributed by atoms with Crippen LogP contribution in [0.5, 0.6) is 5.75 Å². The molecule has 0 heterocycles. The van der Waals surface area contributed by atoms with Crippen molar-refractivity contribution in [2.45, 2.75) is 51.2 Å². The van der Waals surface area contributed by atoms with Crippen LogP contribution in [0.3, 0.4) is 0 Å². The van der Waals surface area contributed by atoms with Gasteiger partial charge in [0.2, 0.25) is 11.8 Å². The Labute approximate surface area is 256 Å². The Bertz CT molecular complexity index is 1460. The summed E-state index contributed by atoms with van der Waals surface area (Å²) in [5, 5.41) is 3.77. The van der Waals surface area contributed by atoms with Crippen LogP contribution in [0.15, 0.2) is 71.6 Å². The number of hydrogen-bond acceptors (Lipinski definition) is 5. The first-order valence-corrected chi connectivity index (χ1v) is 15.5. The van der Waals surface area contributed by atoms with Gasteiger partial charge < -0.3 is 15.0 Å². The Morgan fingerprint density at radius 1 is 0.902 bits per heavy atom. The molecule has 0 saturated heterocycles. The van der Waals surface area contributed by atoms with E-state index in [1.165, 1.54) is 29.2 Å². The van der Waals surface area contributed by atoms with Crippen LogP contribution in [0, 0.1) is 0 Å². The number of halogens is 3. The number of sulfonamides is 1. The smallest absolute Gasteiger partial charge is 0.264 e. The minimum absolute atomic E-state index is 0.0766. The lowest BCUT2D eigenvalue weighted by Gasteiger charge is -2.33.